The SMILES string of the molecule is C1CC12CC2.C=C(CC(C(=O)NO)N1C(=C)N(C)C(C)(C)C1=O)N1CCCCC1.CC.CC1CCCC1. The molecule has 7 nitrogen and oxygen atoms in total. The van der Waals surface area contributed by atoms with Gasteiger partial charge in [-0.3, -0.25) is 19.7 Å². The number of likely N-dealkylation sites (N-methyl/N-ethyl adjacent to an activating group) is 1. The molecule has 3 saturated carbocycles. The van der Waals surface area contributed by atoms with Crippen LogP contribution in [0.15, 0.2) is 24.7 Å². The molecule has 212 valence electrons. The molecule has 2 N–H and O–H groups in total. The Hall–Kier alpha value is -2.02. The van der Waals surface area contributed by atoms with Gasteiger partial charge in [-0.15, -0.1) is 0 Å². The lowest BCUT2D eigenvalue weighted by Crippen LogP contribution is -2.49. The monoisotopic (exact) mass is 518 g/mol. The number of likely N-dealkylation sites (tertiary alicyclic amines) is 1. The maximum absolute atomic E-state index is 12.8. The largest absolute Gasteiger partial charge is 0.375 e. The van der Waals surface area contributed by atoms with Gasteiger partial charge in [0.1, 0.15) is 17.4 Å². The van der Waals surface area contributed by atoms with Gasteiger partial charge in [-0.25, -0.2) is 5.48 Å². The van der Waals surface area contributed by atoms with E-state index in [0.717, 1.165) is 43.0 Å². The van der Waals surface area contributed by atoms with E-state index in [4.69, 9.17) is 5.21 Å². The van der Waals surface area contributed by atoms with Gasteiger partial charge in [0.05, 0.1) is 0 Å². The Morgan fingerprint density at radius 2 is 1.57 bits per heavy atom. The van der Waals surface area contributed by atoms with Gasteiger partial charge < -0.3 is 9.80 Å². The second-order valence-corrected chi connectivity index (χ2v) is 11.9. The Kier molecular flexibility index (Phi) is 11.5. The highest BCUT2D eigenvalue weighted by Gasteiger charge is 2.52. The van der Waals surface area contributed by atoms with Crippen LogP contribution in [0.4, 0.5) is 0 Å². The van der Waals surface area contributed by atoms with Gasteiger partial charge in [-0.05, 0) is 70.1 Å². The van der Waals surface area contributed by atoms with Crippen LogP contribution in [0.5, 0.6) is 0 Å². The van der Waals surface area contributed by atoms with Gasteiger partial charge in [0.25, 0.3) is 11.8 Å². The van der Waals surface area contributed by atoms with Crippen molar-refractivity contribution in [2.75, 3.05) is 20.1 Å². The number of amides is 2. The minimum atomic E-state index is -0.867. The number of piperidine rings is 1. The van der Waals surface area contributed by atoms with Gasteiger partial charge >= 0.3 is 0 Å². The number of carbonyl (C=O) groups excluding carboxylic acids is 2. The third kappa shape index (κ3) is 8.23. The van der Waals surface area contributed by atoms with E-state index in [1.807, 2.05) is 13.8 Å². The summed E-state index contributed by atoms with van der Waals surface area (Å²) < 4.78 is 0. The van der Waals surface area contributed by atoms with Crippen molar-refractivity contribution in [3.05, 3.63) is 24.7 Å². The number of hydrogen-bond donors (Lipinski definition) is 2. The molecule has 37 heavy (non-hydrogen) atoms. The fourth-order valence-electron chi connectivity index (χ4n) is 5.28. The van der Waals surface area contributed by atoms with Gasteiger partial charge in [0.2, 0.25) is 0 Å². The first-order valence-corrected chi connectivity index (χ1v) is 14.7. The van der Waals surface area contributed by atoms with Crippen molar-refractivity contribution in [2.24, 2.45) is 11.3 Å². The molecule has 0 aromatic heterocycles. The Morgan fingerprint density at radius 1 is 1.05 bits per heavy atom. The van der Waals surface area contributed by atoms with Crippen LogP contribution < -0.4 is 5.48 Å². The van der Waals surface area contributed by atoms with Crippen molar-refractivity contribution in [1.29, 1.82) is 0 Å². The maximum atomic E-state index is 12.8. The lowest BCUT2D eigenvalue weighted by Gasteiger charge is -2.34. The first kappa shape index (κ1) is 31.2. The molecule has 0 radical (unpaired) electrons. The summed E-state index contributed by atoms with van der Waals surface area (Å²) in [5, 5.41) is 9.13. The number of hydroxylamine groups is 1. The summed E-state index contributed by atoms with van der Waals surface area (Å²) in [4.78, 5) is 30.3. The van der Waals surface area contributed by atoms with Gasteiger partial charge in [0, 0.05) is 32.3 Å². The molecule has 1 spiro atoms. The molecule has 1 unspecified atom stereocenters. The quantitative estimate of drug-likeness (QED) is 0.342. The Morgan fingerprint density at radius 3 is 1.89 bits per heavy atom. The average Bonchev–Trinajstić information content (AvgIpc) is 3.82. The molecule has 3 aliphatic carbocycles. The predicted molar refractivity (Wildman–Crippen MR) is 151 cm³/mol. The zero-order valence-corrected chi connectivity index (χ0v) is 24.6. The molecule has 0 aromatic carbocycles. The molecular weight excluding hydrogens is 464 g/mol. The van der Waals surface area contributed by atoms with E-state index >= 15 is 0 Å². The fraction of sp³-hybridized carbons (Fsp3) is 0.800. The first-order chi connectivity index (χ1) is 17.5. The minimum Gasteiger partial charge on any atom is -0.375 e. The van der Waals surface area contributed by atoms with Crippen LogP contribution in [-0.4, -0.2) is 63.4 Å². The fourth-order valence-corrected chi connectivity index (χ4v) is 5.28. The summed E-state index contributed by atoms with van der Waals surface area (Å²) >= 11 is 0. The molecule has 0 bridgehead atoms. The van der Waals surface area contributed by atoms with Crippen LogP contribution in [0.2, 0.25) is 0 Å². The highest BCUT2D eigenvalue weighted by molar-refractivity contribution is 5.95. The zero-order valence-electron chi connectivity index (χ0n) is 24.6. The number of carbonyl (C=O) groups is 2. The van der Waals surface area contributed by atoms with E-state index in [2.05, 4.69) is 25.0 Å². The number of nitrogens with zero attached hydrogens (tertiary/aromatic N) is 3. The predicted octanol–water partition coefficient (Wildman–Crippen LogP) is 6.06. The Bertz CT molecular complexity index is 775. The van der Waals surface area contributed by atoms with Crippen molar-refractivity contribution in [1.82, 2.24) is 20.2 Å². The standard InChI is InChI=1S/C17H28N4O3.C6H12.C5H8.C2H6/c1-12(20-9-7-6-8-10-20)11-14(15(22)18-24)21-13(2)19(5)17(3,4)16(21)23;1-6-4-2-3-5-6;1-2-5(1)3-4-5;1-2/h14,24H,1-2,6-11H2,3-5H3,(H,18,22);6H,2-5H2,1H3;1-4H2;1-2H3. The van der Waals surface area contributed by atoms with Crippen LogP contribution in [0.25, 0.3) is 0 Å². The summed E-state index contributed by atoms with van der Waals surface area (Å²) in [6.07, 6.45) is 15.9. The van der Waals surface area contributed by atoms with Crippen molar-refractivity contribution in [3.63, 3.8) is 0 Å². The summed E-state index contributed by atoms with van der Waals surface area (Å²) in [7, 11) is 1.77. The summed E-state index contributed by atoms with van der Waals surface area (Å²) in [5.74, 6) is 0.652. The molecule has 0 aromatic rings. The zero-order chi connectivity index (χ0) is 27.8. The van der Waals surface area contributed by atoms with E-state index in [1.54, 1.807) is 57.0 Å². The lowest BCUT2D eigenvalue weighted by molar-refractivity contribution is -0.142. The maximum Gasteiger partial charge on any atom is 0.266 e. The molecule has 7 heteroatoms. The van der Waals surface area contributed by atoms with E-state index in [9.17, 15) is 9.59 Å². The Balaban J connectivity index is 0.000000295. The van der Waals surface area contributed by atoms with Crippen molar-refractivity contribution >= 4 is 11.8 Å². The van der Waals surface area contributed by atoms with Crippen molar-refractivity contribution < 1.29 is 14.8 Å². The molecule has 5 fully saturated rings. The topological polar surface area (TPSA) is 76.1 Å². The molecule has 2 aliphatic heterocycles. The second-order valence-electron chi connectivity index (χ2n) is 11.9. The number of hydrogen-bond acceptors (Lipinski definition) is 5. The molecule has 2 saturated heterocycles. The minimum absolute atomic E-state index is 0.213. The number of rotatable bonds is 5. The summed E-state index contributed by atoms with van der Waals surface area (Å²) in [6.45, 7) is 19.8. The summed E-state index contributed by atoms with van der Waals surface area (Å²) in [5.41, 5.74) is 2.70. The van der Waals surface area contributed by atoms with Crippen molar-refractivity contribution in [2.45, 2.75) is 123 Å². The first-order valence-electron chi connectivity index (χ1n) is 14.7. The number of nitrogens with one attached hydrogen (secondary N) is 1. The highest BCUT2D eigenvalue weighted by atomic mass is 16.5. The average molecular weight is 519 g/mol. The van der Waals surface area contributed by atoms with Gasteiger partial charge in [-0.1, -0.05) is 59.6 Å². The van der Waals surface area contributed by atoms with E-state index in [-0.39, 0.29) is 12.3 Å². The molecule has 1 atom stereocenters. The van der Waals surface area contributed by atoms with Crippen LogP contribution in [0.1, 0.15) is 112 Å². The molecule has 5 aliphatic rings. The normalized spacial score (nSPS) is 23.7. The molecule has 2 amide bonds. The smallest absolute Gasteiger partial charge is 0.266 e. The molecular formula is C30H54N4O3. The van der Waals surface area contributed by atoms with Crippen molar-refractivity contribution in [3.8, 4) is 0 Å². The molecule has 5 rings (SSSR count). The highest BCUT2D eigenvalue weighted by Crippen LogP contribution is 2.65. The third-order valence-corrected chi connectivity index (χ3v) is 8.76. The second kappa shape index (κ2) is 13.7. The van der Waals surface area contributed by atoms with Gasteiger partial charge in [0.15, 0.2) is 0 Å². The third-order valence-electron chi connectivity index (χ3n) is 8.76. The van der Waals surface area contributed by atoms with Crippen LogP contribution >= 0.6 is 0 Å². The lowest BCUT2D eigenvalue weighted by atomic mass is 10.0. The van der Waals surface area contributed by atoms with Gasteiger partial charge in [-0.2, -0.15) is 0 Å². The molecule has 2 heterocycles. The Labute approximate surface area is 226 Å². The van der Waals surface area contributed by atoms with E-state index in [0.29, 0.717) is 5.82 Å². The summed E-state index contributed by atoms with van der Waals surface area (Å²) in [6, 6.07) is -0.867. The van der Waals surface area contributed by atoms with Crippen LogP contribution in [0, 0.1) is 11.3 Å². The van der Waals surface area contributed by atoms with Crippen LogP contribution in [-0.2, 0) is 9.59 Å². The van der Waals surface area contributed by atoms with E-state index in [1.165, 1.54) is 37.0 Å². The van der Waals surface area contributed by atoms with E-state index < -0.39 is 17.5 Å². The van der Waals surface area contributed by atoms with Crippen LogP contribution in [0.3, 0.4) is 0 Å².